The van der Waals surface area contributed by atoms with Gasteiger partial charge in [-0.15, -0.1) is 0 Å². The lowest BCUT2D eigenvalue weighted by Gasteiger charge is -2.14. The zero-order valence-electron chi connectivity index (χ0n) is 14.5. The van der Waals surface area contributed by atoms with Gasteiger partial charge in [-0.1, -0.05) is 15.9 Å². The number of nitrogens with zero attached hydrogens (tertiary/aromatic N) is 2. The first-order valence-electron chi connectivity index (χ1n) is 7.67. The van der Waals surface area contributed by atoms with Crippen LogP contribution in [0.5, 0.6) is 5.75 Å². The molecule has 0 fully saturated rings. The van der Waals surface area contributed by atoms with E-state index in [0.29, 0.717) is 17.1 Å². The molecule has 8 heteroatoms. The Bertz CT molecular complexity index is 771. The SMILES string of the molecule is Cc1nn(C)c(C)c1NC(=O)COC(=O)[C@@H](C)Oc1ccc(Br)cc1. The number of hydrogen-bond acceptors (Lipinski definition) is 5. The maximum Gasteiger partial charge on any atom is 0.347 e. The Labute approximate surface area is 154 Å². The molecule has 0 aliphatic heterocycles. The summed E-state index contributed by atoms with van der Waals surface area (Å²) >= 11 is 3.32. The fourth-order valence-electron chi connectivity index (χ4n) is 2.15. The summed E-state index contributed by atoms with van der Waals surface area (Å²) < 4.78 is 13.1. The molecule has 0 saturated carbocycles. The third-order valence-corrected chi connectivity index (χ3v) is 4.11. The number of amides is 1. The average Bonchev–Trinajstić information content (AvgIpc) is 2.81. The van der Waals surface area contributed by atoms with Gasteiger partial charge in [0.15, 0.2) is 12.7 Å². The molecule has 1 N–H and O–H groups in total. The Morgan fingerprint density at radius 3 is 2.48 bits per heavy atom. The highest BCUT2D eigenvalue weighted by Gasteiger charge is 2.19. The minimum absolute atomic E-state index is 0.388. The van der Waals surface area contributed by atoms with Gasteiger partial charge >= 0.3 is 5.97 Å². The molecule has 25 heavy (non-hydrogen) atoms. The Morgan fingerprint density at radius 1 is 1.28 bits per heavy atom. The van der Waals surface area contributed by atoms with Crippen molar-refractivity contribution in [2.45, 2.75) is 26.9 Å². The van der Waals surface area contributed by atoms with E-state index in [0.717, 1.165) is 10.2 Å². The number of anilines is 1. The van der Waals surface area contributed by atoms with E-state index in [4.69, 9.17) is 9.47 Å². The molecule has 0 aliphatic carbocycles. The molecule has 1 atom stereocenters. The molecule has 1 amide bonds. The molecule has 0 saturated heterocycles. The number of halogens is 1. The largest absolute Gasteiger partial charge is 0.479 e. The molecule has 2 aromatic rings. The van der Waals surface area contributed by atoms with Crippen molar-refractivity contribution >= 4 is 33.5 Å². The predicted molar refractivity (Wildman–Crippen MR) is 96.5 cm³/mol. The Morgan fingerprint density at radius 2 is 1.92 bits per heavy atom. The van der Waals surface area contributed by atoms with Crippen molar-refractivity contribution in [2.75, 3.05) is 11.9 Å². The second kappa shape index (κ2) is 8.15. The number of rotatable bonds is 6. The van der Waals surface area contributed by atoms with E-state index in [1.165, 1.54) is 0 Å². The summed E-state index contributed by atoms with van der Waals surface area (Å²) in [5.74, 6) is -0.500. The first kappa shape index (κ1) is 19.0. The van der Waals surface area contributed by atoms with Gasteiger partial charge in [-0.05, 0) is 45.0 Å². The summed E-state index contributed by atoms with van der Waals surface area (Å²) in [5, 5.41) is 6.91. The quantitative estimate of drug-likeness (QED) is 0.741. The molecule has 0 unspecified atom stereocenters. The van der Waals surface area contributed by atoms with Crippen LogP contribution in [-0.4, -0.2) is 34.4 Å². The molecule has 2 rings (SSSR count). The smallest absolute Gasteiger partial charge is 0.347 e. The van der Waals surface area contributed by atoms with Gasteiger partial charge < -0.3 is 14.8 Å². The minimum Gasteiger partial charge on any atom is -0.479 e. The molecular weight excluding hydrogens is 390 g/mol. The average molecular weight is 410 g/mol. The van der Waals surface area contributed by atoms with Crippen molar-refractivity contribution in [1.29, 1.82) is 0 Å². The van der Waals surface area contributed by atoms with Gasteiger partial charge in [0.1, 0.15) is 5.75 Å². The molecule has 1 heterocycles. The molecule has 1 aromatic heterocycles. The zero-order valence-corrected chi connectivity index (χ0v) is 16.1. The van der Waals surface area contributed by atoms with Crippen LogP contribution in [0.2, 0.25) is 0 Å². The highest BCUT2D eigenvalue weighted by atomic mass is 79.9. The van der Waals surface area contributed by atoms with Crippen LogP contribution in [0.1, 0.15) is 18.3 Å². The highest BCUT2D eigenvalue weighted by molar-refractivity contribution is 9.10. The Kier molecular flexibility index (Phi) is 6.19. The molecule has 7 nitrogen and oxygen atoms in total. The third-order valence-electron chi connectivity index (χ3n) is 3.58. The van der Waals surface area contributed by atoms with Gasteiger partial charge in [0.2, 0.25) is 0 Å². The molecule has 1 aromatic carbocycles. The van der Waals surface area contributed by atoms with Gasteiger partial charge in [-0.25, -0.2) is 4.79 Å². The van der Waals surface area contributed by atoms with Crippen molar-refractivity contribution in [2.24, 2.45) is 7.05 Å². The predicted octanol–water partition coefficient (Wildman–Crippen LogP) is 2.75. The summed E-state index contributed by atoms with van der Waals surface area (Å²) in [6.07, 6.45) is -0.823. The van der Waals surface area contributed by atoms with E-state index >= 15 is 0 Å². The zero-order chi connectivity index (χ0) is 18.6. The van der Waals surface area contributed by atoms with E-state index in [1.54, 1.807) is 49.8 Å². The van der Waals surface area contributed by atoms with Crippen LogP contribution in [0.3, 0.4) is 0 Å². The van der Waals surface area contributed by atoms with Crippen LogP contribution >= 0.6 is 15.9 Å². The van der Waals surface area contributed by atoms with Crippen molar-refractivity contribution in [3.8, 4) is 5.75 Å². The van der Waals surface area contributed by atoms with Crippen molar-refractivity contribution in [3.63, 3.8) is 0 Å². The van der Waals surface area contributed by atoms with Crippen LogP contribution in [0.15, 0.2) is 28.7 Å². The highest BCUT2D eigenvalue weighted by Crippen LogP contribution is 2.19. The van der Waals surface area contributed by atoms with Crippen molar-refractivity contribution < 1.29 is 19.1 Å². The maximum absolute atomic E-state index is 12.0. The number of hydrogen-bond donors (Lipinski definition) is 1. The van der Waals surface area contributed by atoms with E-state index in [-0.39, 0.29) is 6.61 Å². The van der Waals surface area contributed by atoms with E-state index < -0.39 is 18.0 Å². The second-order valence-electron chi connectivity index (χ2n) is 5.54. The number of esters is 1. The first-order chi connectivity index (χ1) is 11.8. The molecule has 134 valence electrons. The van der Waals surface area contributed by atoms with E-state index in [9.17, 15) is 9.59 Å². The topological polar surface area (TPSA) is 82.5 Å². The number of benzene rings is 1. The van der Waals surface area contributed by atoms with Crippen LogP contribution in [0, 0.1) is 13.8 Å². The lowest BCUT2D eigenvalue weighted by Crippen LogP contribution is -2.29. The number of nitrogens with one attached hydrogen (secondary N) is 1. The fraction of sp³-hybridized carbons (Fsp3) is 0.353. The standard InChI is InChI=1S/C17H20BrN3O4/c1-10-16(11(2)21(4)20-10)19-15(22)9-24-17(23)12(3)25-14-7-5-13(18)6-8-14/h5-8,12H,9H2,1-4H3,(H,19,22)/t12-/m1/s1. The molecule has 0 aliphatic rings. The van der Waals surface area contributed by atoms with Gasteiger partial charge in [-0.3, -0.25) is 9.48 Å². The molecule has 0 spiro atoms. The monoisotopic (exact) mass is 409 g/mol. The molecule has 0 bridgehead atoms. The van der Waals surface area contributed by atoms with E-state index in [2.05, 4.69) is 26.3 Å². The lowest BCUT2D eigenvalue weighted by atomic mass is 10.3. The Balaban J connectivity index is 1.84. The molecular formula is C17H20BrN3O4. The maximum atomic E-state index is 12.0. The third kappa shape index (κ3) is 5.06. The normalized spacial score (nSPS) is 11.7. The van der Waals surface area contributed by atoms with Crippen molar-refractivity contribution in [1.82, 2.24) is 9.78 Å². The summed E-state index contributed by atoms with van der Waals surface area (Å²) in [6.45, 7) is 4.82. The first-order valence-corrected chi connectivity index (χ1v) is 8.46. The summed E-state index contributed by atoms with van der Waals surface area (Å²) in [6, 6.07) is 7.07. The van der Waals surface area contributed by atoms with Crippen LogP contribution in [0.25, 0.3) is 0 Å². The van der Waals surface area contributed by atoms with Gasteiger partial charge in [0.05, 0.1) is 17.1 Å². The summed E-state index contributed by atoms with van der Waals surface area (Å²) in [5.41, 5.74) is 2.15. The number of carbonyl (C=O) groups excluding carboxylic acids is 2. The summed E-state index contributed by atoms with van der Waals surface area (Å²) in [7, 11) is 1.79. The van der Waals surface area contributed by atoms with Gasteiger partial charge in [-0.2, -0.15) is 5.10 Å². The number of aryl methyl sites for hydroxylation is 2. The van der Waals surface area contributed by atoms with E-state index in [1.807, 2.05) is 6.92 Å². The van der Waals surface area contributed by atoms with Crippen molar-refractivity contribution in [3.05, 3.63) is 40.1 Å². The summed E-state index contributed by atoms with van der Waals surface area (Å²) in [4.78, 5) is 23.9. The van der Waals surface area contributed by atoms with Crippen LogP contribution in [0.4, 0.5) is 5.69 Å². The minimum atomic E-state index is -0.823. The lowest BCUT2D eigenvalue weighted by molar-refractivity contribution is -0.153. The number of carbonyl (C=O) groups is 2. The van der Waals surface area contributed by atoms with Crippen LogP contribution < -0.4 is 10.1 Å². The number of aromatic nitrogens is 2. The van der Waals surface area contributed by atoms with Gasteiger partial charge in [0, 0.05) is 11.5 Å². The second-order valence-corrected chi connectivity index (χ2v) is 6.45. The molecule has 0 radical (unpaired) electrons. The Hall–Kier alpha value is -2.35. The number of ether oxygens (including phenoxy) is 2. The van der Waals surface area contributed by atoms with Gasteiger partial charge in [0.25, 0.3) is 5.91 Å². The fourth-order valence-corrected chi connectivity index (χ4v) is 2.41. The van der Waals surface area contributed by atoms with Crippen LogP contribution in [-0.2, 0) is 21.4 Å².